The highest BCUT2D eigenvalue weighted by molar-refractivity contribution is 6.06. The van der Waals surface area contributed by atoms with Gasteiger partial charge in [0.2, 0.25) is 11.8 Å². The van der Waals surface area contributed by atoms with Crippen molar-refractivity contribution in [1.29, 1.82) is 0 Å². The van der Waals surface area contributed by atoms with Crippen molar-refractivity contribution in [3.63, 3.8) is 0 Å². The molecule has 1 spiro atoms. The van der Waals surface area contributed by atoms with Crippen LogP contribution >= 0.6 is 0 Å². The van der Waals surface area contributed by atoms with Crippen LogP contribution in [0.2, 0.25) is 0 Å². The van der Waals surface area contributed by atoms with Crippen molar-refractivity contribution in [3.05, 3.63) is 88.6 Å². The summed E-state index contributed by atoms with van der Waals surface area (Å²) in [5.74, 6) is 0.315. The molecule has 4 amide bonds. The molecule has 2 N–H and O–H groups in total. The number of carbonyl (C=O) groups excluding carboxylic acids is 3. The Balaban J connectivity index is 1.31. The topological polar surface area (TPSA) is 94.6 Å². The van der Waals surface area contributed by atoms with E-state index in [4.69, 9.17) is 0 Å². The Morgan fingerprint density at radius 1 is 1.06 bits per heavy atom. The zero-order chi connectivity index (χ0) is 25.4. The van der Waals surface area contributed by atoms with Crippen LogP contribution in [0.25, 0.3) is 0 Å². The van der Waals surface area contributed by atoms with Gasteiger partial charge < -0.3 is 20.4 Å². The third-order valence-corrected chi connectivity index (χ3v) is 7.07. The van der Waals surface area contributed by atoms with Gasteiger partial charge in [-0.3, -0.25) is 9.59 Å². The summed E-state index contributed by atoms with van der Waals surface area (Å²) >= 11 is 0. The number of aromatic nitrogens is 1. The summed E-state index contributed by atoms with van der Waals surface area (Å²) in [5.41, 5.74) is 5.09. The number of carbonyl (C=O) groups is 3. The second-order valence-corrected chi connectivity index (χ2v) is 9.78. The van der Waals surface area contributed by atoms with E-state index < -0.39 is 5.41 Å². The molecule has 2 heterocycles. The third-order valence-electron chi connectivity index (χ3n) is 7.07. The van der Waals surface area contributed by atoms with E-state index in [1.165, 1.54) is 9.80 Å². The normalized spacial score (nSPS) is 17.4. The molecule has 8 nitrogen and oxygen atoms in total. The van der Waals surface area contributed by atoms with Gasteiger partial charge in [0.1, 0.15) is 12.4 Å². The maximum atomic E-state index is 13.0. The molecule has 2 aromatic carbocycles. The Morgan fingerprint density at radius 3 is 2.61 bits per heavy atom. The van der Waals surface area contributed by atoms with E-state index in [0.717, 1.165) is 27.8 Å². The standard InChI is InChI=1S/C28H29N5O3/c1-18-7-4-5-8-20(18)16-33(27(36)32(2)3)17-24(34)30-22-11-10-19-14-28(15-21(19)13-22)23-9-6-12-29-25(23)31-26(28)35/h4-13H,14-17H2,1-3H3,(H,30,34)(H,29,31,35). The zero-order valence-electron chi connectivity index (χ0n) is 20.7. The van der Waals surface area contributed by atoms with Gasteiger partial charge in [0.05, 0.1) is 5.41 Å². The highest BCUT2D eigenvalue weighted by atomic mass is 16.2. The molecule has 3 aromatic rings. The van der Waals surface area contributed by atoms with Crippen LogP contribution in [-0.4, -0.2) is 53.3 Å². The minimum Gasteiger partial charge on any atom is -0.331 e. The molecule has 0 saturated heterocycles. The Bertz CT molecular complexity index is 1370. The monoisotopic (exact) mass is 483 g/mol. The first-order valence-corrected chi connectivity index (χ1v) is 12.0. The molecule has 1 aliphatic heterocycles. The van der Waals surface area contributed by atoms with Gasteiger partial charge in [0.25, 0.3) is 0 Å². The van der Waals surface area contributed by atoms with Gasteiger partial charge in [0, 0.05) is 38.1 Å². The van der Waals surface area contributed by atoms with Crippen molar-refractivity contribution in [2.45, 2.75) is 31.7 Å². The summed E-state index contributed by atoms with van der Waals surface area (Å²) in [6.45, 7) is 2.25. The van der Waals surface area contributed by atoms with Crippen molar-refractivity contribution in [2.75, 3.05) is 31.3 Å². The molecule has 2 aliphatic rings. The minimum atomic E-state index is -0.656. The first-order chi connectivity index (χ1) is 17.3. The molecule has 36 heavy (non-hydrogen) atoms. The molecule has 5 rings (SSSR count). The number of benzene rings is 2. The van der Waals surface area contributed by atoms with Crippen LogP contribution < -0.4 is 10.6 Å². The quantitative estimate of drug-likeness (QED) is 0.581. The van der Waals surface area contributed by atoms with Crippen LogP contribution in [0, 0.1) is 6.92 Å². The summed E-state index contributed by atoms with van der Waals surface area (Å²) in [5, 5.41) is 5.86. The summed E-state index contributed by atoms with van der Waals surface area (Å²) in [4.78, 5) is 46.1. The predicted octanol–water partition coefficient (Wildman–Crippen LogP) is 3.50. The third kappa shape index (κ3) is 4.19. The van der Waals surface area contributed by atoms with Gasteiger partial charge in [0.15, 0.2) is 0 Å². The number of hydrogen-bond donors (Lipinski definition) is 2. The number of nitrogens with zero attached hydrogens (tertiary/aromatic N) is 3. The van der Waals surface area contributed by atoms with Crippen molar-refractivity contribution < 1.29 is 14.4 Å². The van der Waals surface area contributed by atoms with E-state index in [9.17, 15) is 14.4 Å². The number of amides is 4. The van der Waals surface area contributed by atoms with E-state index in [1.54, 1.807) is 20.3 Å². The van der Waals surface area contributed by atoms with Crippen molar-refractivity contribution >= 4 is 29.4 Å². The van der Waals surface area contributed by atoms with E-state index in [-0.39, 0.29) is 24.4 Å². The Morgan fingerprint density at radius 2 is 1.83 bits per heavy atom. The fourth-order valence-electron chi connectivity index (χ4n) is 5.19. The number of fused-ring (bicyclic) bond motifs is 3. The zero-order valence-corrected chi connectivity index (χ0v) is 20.7. The molecule has 0 radical (unpaired) electrons. The number of nitrogens with one attached hydrogen (secondary N) is 2. The lowest BCUT2D eigenvalue weighted by atomic mass is 9.79. The number of hydrogen-bond acceptors (Lipinski definition) is 4. The SMILES string of the molecule is Cc1ccccc1CN(CC(=O)Nc1ccc2c(c1)CC1(C2)C(=O)Nc2ncccc21)C(=O)N(C)C. The predicted molar refractivity (Wildman–Crippen MR) is 138 cm³/mol. The van der Waals surface area contributed by atoms with E-state index in [1.807, 2.05) is 61.5 Å². The molecule has 1 aromatic heterocycles. The summed E-state index contributed by atoms with van der Waals surface area (Å²) in [7, 11) is 3.35. The molecule has 1 atom stereocenters. The molecular formula is C28H29N5O3. The van der Waals surface area contributed by atoms with Crippen LogP contribution in [-0.2, 0) is 34.4 Å². The van der Waals surface area contributed by atoms with Gasteiger partial charge in [-0.1, -0.05) is 36.4 Å². The summed E-state index contributed by atoms with van der Waals surface area (Å²) in [6.07, 6.45) is 2.83. The van der Waals surface area contributed by atoms with Gasteiger partial charge in [-0.05, 0) is 60.2 Å². The van der Waals surface area contributed by atoms with Gasteiger partial charge >= 0.3 is 6.03 Å². The van der Waals surface area contributed by atoms with Crippen LogP contribution in [0.1, 0.15) is 27.8 Å². The van der Waals surface area contributed by atoms with Gasteiger partial charge in [-0.15, -0.1) is 0 Å². The molecule has 184 valence electrons. The summed E-state index contributed by atoms with van der Waals surface area (Å²) < 4.78 is 0. The van der Waals surface area contributed by atoms with Gasteiger partial charge in [-0.2, -0.15) is 0 Å². The van der Waals surface area contributed by atoms with Crippen molar-refractivity contribution in [1.82, 2.24) is 14.8 Å². The molecule has 1 aliphatic carbocycles. The fourth-order valence-corrected chi connectivity index (χ4v) is 5.19. The van der Waals surface area contributed by atoms with Crippen LogP contribution in [0.5, 0.6) is 0 Å². The number of rotatable bonds is 5. The smallest absolute Gasteiger partial charge is 0.320 e. The van der Waals surface area contributed by atoms with Crippen molar-refractivity contribution in [2.24, 2.45) is 0 Å². The minimum absolute atomic E-state index is 0.0352. The Kier molecular flexibility index (Phi) is 5.96. The Hall–Kier alpha value is -4.20. The molecule has 0 saturated carbocycles. The maximum absolute atomic E-state index is 13.0. The lowest BCUT2D eigenvalue weighted by Gasteiger charge is -2.26. The molecule has 8 heteroatoms. The summed E-state index contributed by atoms with van der Waals surface area (Å²) in [6, 6.07) is 17.2. The highest BCUT2D eigenvalue weighted by Crippen LogP contribution is 2.46. The van der Waals surface area contributed by atoms with E-state index >= 15 is 0 Å². The number of pyridine rings is 1. The molecular weight excluding hydrogens is 454 g/mol. The van der Waals surface area contributed by atoms with Crippen molar-refractivity contribution in [3.8, 4) is 0 Å². The number of urea groups is 1. The lowest BCUT2D eigenvalue weighted by molar-refractivity contribution is -0.120. The van der Waals surface area contributed by atoms with Gasteiger partial charge in [-0.25, -0.2) is 9.78 Å². The van der Waals surface area contributed by atoms with Crippen LogP contribution in [0.15, 0.2) is 60.8 Å². The lowest BCUT2D eigenvalue weighted by Crippen LogP contribution is -2.43. The average molecular weight is 484 g/mol. The van der Waals surface area contributed by atoms with Crippen LogP contribution in [0.4, 0.5) is 16.3 Å². The average Bonchev–Trinajstić information content (AvgIpc) is 3.36. The number of anilines is 2. The number of aryl methyl sites for hydroxylation is 1. The molecule has 1 unspecified atom stereocenters. The highest BCUT2D eigenvalue weighted by Gasteiger charge is 2.51. The van der Waals surface area contributed by atoms with E-state index in [0.29, 0.717) is 30.9 Å². The fraction of sp³-hybridized carbons (Fsp3) is 0.286. The van der Waals surface area contributed by atoms with Crippen LogP contribution in [0.3, 0.4) is 0 Å². The first kappa shape index (κ1) is 23.5. The van der Waals surface area contributed by atoms with E-state index in [2.05, 4.69) is 15.6 Å². The second-order valence-electron chi connectivity index (χ2n) is 9.78. The Labute approximate surface area is 210 Å². The molecule has 0 fully saturated rings. The first-order valence-electron chi connectivity index (χ1n) is 12.0. The maximum Gasteiger partial charge on any atom is 0.320 e. The molecule has 0 bridgehead atoms. The second kappa shape index (κ2) is 9.11. The largest absolute Gasteiger partial charge is 0.331 e.